The maximum Gasteiger partial charge on any atom is 0.326 e. The van der Waals surface area contributed by atoms with Gasteiger partial charge in [-0.25, -0.2) is 9.78 Å². The number of aromatic nitrogens is 2. The van der Waals surface area contributed by atoms with Crippen LogP contribution in [0.5, 0.6) is 0 Å². The fourth-order valence-corrected chi connectivity index (χ4v) is 3.20. The third-order valence-corrected chi connectivity index (χ3v) is 4.60. The first kappa shape index (κ1) is 18.6. The van der Waals surface area contributed by atoms with E-state index in [0.29, 0.717) is 30.8 Å². The highest BCUT2D eigenvalue weighted by molar-refractivity contribution is 5.98. The number of carboxylic acids is 1. The van der Waals surface area contributed by atoms with Gasteiger partial charge in [0.15, 0.2) is 0 Å². The van der Waals surface area contributed by atoms with E-state index in [1.807, 2.05) is 4.57 Å². The summed E-state index contributed by atoms with van der Waals surface area (Å²) in [6.45, 7) is 0.940. The Labute approximate surface area is 156 Å². The van der Waals surface area contributed by atoms with Gasteiger partial charge in [-0.05, 0) is 37.5 Å². The summed E-state index contributed by atoms with van der Waals surface area (Å²) in [7, 11) is 0. The molecule has 3 rings (SSSR count). The number of hydrogen-bond donors (Lipinski definition) is 2. The van der Waals surface area contributed by atoms with E-state index in [1.165, 1.54) is 4.90 Å². The third-order valence-electron chi connectivity index (χ3n) is 4.60. The van der Waals surface area contributed by atoms with Gasteiger partial charge < -0.3 is 19.9 Å². The van der Waals surface area contributed by atoms with E-state index in [-0.39, 0.29) is 18.2 Å². The van der Waals surface area contributed by atoms with Crippen LogP contribution >= 0.6 is 0 Å². The second-order valence-corrected chi connectivity index (χ2v) is 6.53. The maximum atomic E-state index is 12.8. The van der Waals surface area contributed by atoms with E-state index in [0.717, 1.165) is 12.8 Å². The molecule has 2 aromatic rings. The molecule has 1 aliphatic heterocycles. The Balaban J connectivity index is 1.64. The number of rotatable bonds is 6. The lowest BCUT2D eigenvalue weighted by atomic mass is 10.0. The van der Waals surface area contributed by atoms with Crippen LogP contribution in [0, 0.1) is 0 Å². The Bertz CT molecular complexity index is 819. The minimum absolute atomic E-state index is 0.172. The predicted octanol–water partition coefficient (Wildman–Crippen LogP) is 1.99. The molecule has 1 atom stereocenters. The fraction of sp³-hybridized carbons (Fsp3) is 0.368. The third kappa shape index (κ3) is 4.72. The number of nitrogens with zero attached hydrogens (tertiary/aromatic N) is 3. The van der Waals surface area contributed by atoms with Crippen molar-refractivity contribution in [3.8, 4) is 0 Å². The number of piperidine rings is 1. The van der Waals surface area contributed by atoms with Gasteiger partial charge >= 0.3 is 5.97 Å². The summed E-state index contributed by atoms with van der Waals surface area (Å²) in [6.07, 6.45) is 7.41. The van der Waals surface area contributed by atoms with Crippen molar-refractivity contribution in [2.75, 3.05) is 11.9 Å². The monoisotopic (exact) mass is 370 g/mol. The van der Waals surface area contributed by atoms with Crippen LogP contribution in [0.25, 0.3) is 0 Å². The molecule has 0 aliphatic carbocycles. The van der Waals surface area contributed by atoms with E-state index >= 15 is 0 Å². The molecular weight excluding hydrogens is 348 g/mol. The van der Waals surface area contributed by atoms with Crippen molar-refractivity contribution in [3.63, 3.8) is 0 Å². The molecule has 1 aromatic heterocycles. The highest BCUT2D eigenvalue weighted by Crippen LogP contribution is 2.21. The average molecular weight is 370 g/mol. The molecule has 8 heteroatoms. The van der Waals surface area contributed by atoms with E-state index in [1.54, 1.807) is 43.0 Å². The van der Waals surface area contributed by atoms with Crippen LogP contribution in [0.2, 0.25) is 0 Å². The van der Waals surface area contributed by atoms with Gasteiger partial charge in [0.1, 0.15) is 6.04 Å². The molecule has 0 radical (unpaired) electrons. The van der Waals surface area contributed by atoms with Gasteiger partial charge in [-0.15, -0.1) is 0 Å². The minimum atomic E-state index is -0.980. The molecule has 1 unspecified atom stereocenters. The van der Waals surface area contributed by atoms with Crippen LogP contribution in [0.3, 0.4) is 0 Å². The number of imidazole rings is 1. The first-order valence-electron chi connectivity index (χ1n) is 8.94. The summed E-state index contributed by atoms with van der Waals surface area (Å²) in [6, 6.07) is 5.82. The topological polar surface area (TPSA) is 105 Å². The summed E-state index contributed by atoms with van der Waals surface area (Å²) in [5.74, 6) is -1.47. The van der Waals surface area contributed by atoms with E-state index in [2.05, 4.69) is 10.3 Å². The van der Waals surface area contributed by atoms with Crippen molar-refractivity contribution in [2.45, 2.75) is 38.3 Å². The number of anilines is 1. The molecule has 1 aromatic carbocycles. The second-order valence-electron chi connectivity index (χ2n) is 6.53. The highest BCUT2D eigenvalue weighted by Gasteiger charge is 2.32. The molecule has 2 amide bonds. The Hall–Kier alpha value is -3.16. The molecule has 1 aliphatic rings. The molecule has 2 N–H and O–H groups in total. The zero-order valence-electron chi connectivity index (χ0n) is 14.9. The zero-order chi connectivity index (χ0) is 19.2. The number of carbonyl (C=O) groups excluding carboxylic acids is 2. The number of aliphatic carboxylic acids is 1. The molecule has 2 heterocycles. The van der Waals surface area contributed by atoms with Crippen LogP contribution in [0.4, 0.5) is 5.69 Å². The largest absolute Gasteiger partial charge is 0.480 e. The number of hydrogen-bond acceptors (Lipinski definition) is 4. The first-order chi connectivity index (χ1) is 13.0. The smallest absolute Gasteiger partial charge is 0.326 e. The van der Waals surface area contributed by atoms with Gasteiger partial charge in [0.25, 0.3) is 5.91 Å². The maximum absolute atomic E-state index is 12.8. The summed E-state index contributed by atoms with van der Waals surface area (Å²) < 4.78 is 1.81. The average Bonchev–Trinajstić information content (AvgIpc) is 3.19. The second kappa shape index (κ2) is 8.48. The standard InChI is InChI=1S/C19H22N4O4/c24-17(7-10-22-11-8-20-13-22)21-15-5-3-4-14(12-15)18(25)23-9-2-1-6-16(23)19(26)27/h3-5,8,11-13,16H,1-2,6-7,9-10H2,(H,21,24)(H,26,27). The Kier molecular flexibility index (Phi) is 5.85. The van der Waals surface area contributed by atoms with Crippen molar-refractivity contribution >= 4 is 23.5 Å². The Morgan fingerprint density at radius 2 is 2.11 bits per heavy atom. The summed E-state index contributed by atoms with van der Waals surface area (Å²) >= 11 is 0. The number of likely N-dealkylation sites (tertiary alicyclic amines) is 1. The lowest BCUT2D eigenvalue weighted by Crippen LogP contribution is -2.48. The van der Waals surface area contributed by atoms with Crippen LogP contribution in [0.1, 0.15) is 36.0 Å². The minimum Gasteiger partial charge on any atom is -0.480 e. The number of benzene rings is 1. The lowest BCUT2D eigenvalue weighted by Gasteiger charge is -2.33. The quantitative estimate of drug-likeness (QED) is 0.809. The van der Waals surface area contributed by atoms with Crippen molar-refractivity contribution in [2.24, 2.45) is 0 Å². The van der Waals surface area contributed by atoms with Crippen molar-refractivity contribution < 1.29 is 19.5 Å². The number of carboxylic acid groups (broad SMARTS) is 1. The van der Waals surface area contributed by atoms with Gasteiger partial charge in [0.2, 0.25) is 5.91 Å². The van der Waals surface area contributed by atoms with Gasteiger partial charge in [0.05, 0.1) is 6.33 Å². The molecule has 8 nitrogen and oxygen atoms in total. The van der Waals surface area contributed by atoms with Crippen LogP contribution in [-0.2, 0) is 16.1 Å². The van der Waals surface area contributed by atoms with Crippen LogP contribution in [-0.4, -0.2) is 49.9 Å². The van der Waals surface area contributed by atoms with Crippen LogP contribution in [0.15, 0.2) is 43.0 Å². The molecule has 1 fully saturated rings. The van der Waals surface area contributed by atoms with Gasteiger partial charge in [-0.2, -0.15) is 0 Å². The number of carbonyl (C=O) groups is 3. The van der Waals surface area contributed by atoms with Crippen molar-refractivity contribution in [1.82, 2.24) is 14.5 Å². The number of aryl methyl sites for hydroxylation is 1. The first-order valence-corrected chi connectivity index (χ1v) is 8.94. The van der Waals surface area contributed by atoms with E-state index in [4.69, 9.17) is 0 Å². The highest BCUT2D eigenvalue weighted by atomic mass is 16.4. The summed E-state index contributed by atoms with van der Waals surface area (Å²) in [5.41, 5.74) is 0.885. The number of amides is 2. The van der Waals surface area contributed by atoms with E-state index < -0.39 is 12.0 Å². The zero-order valence-corrected chi connectivity index (χ0v) is 14.9. The molecule has 0 bridgehead atoms. The molecule has 0 saturated carbocycles. The summed E-state index contributed by atoms with van der Waals surface area (Å²) in [4.78, 5) is 41.6. The SMILES string of the molecule is O=C(CCn1ccnc1)Nc1cccc(C(=O)N2CCCCC2C(=O)O)c1. The molecule has 1 saturated heterocycles. The van der Waals surface area contributed by atoms with Gasteiger partial charge in [-0.1, -0.05) is 6.07 Å². The molecule has 142 valence electrons. The van der Waals surface area contributed by atoms with Gasteiger partial charge in [0, 0.05) is 43.2 Å². The fourth-order valence-electron chi connectivity index (χ4n) is 3.20. The predicted molar refractivity (Wildman–Crippen MR) is 98.2 cm³/mol. The normalized spacial score (nSPS) is 16.7. The molecule has 0 spiro atoms. The van der Waals surface area contributed by atoms with E-state index in [9.17, 15) is 19.5 Å². The number of nitrogens with one attached hydrogen (secondary N) is 1. The lowest BCUT2D eigenvalue weighted by molar-refractivity contribution is -0.143. The van der Waals surface area contributed by atoms with Gasteiger partial charge in [-0.3, -0.25) is 9.59 Å². The van der Waals surface area contributed by atoms with Crippen molar-refractivity contribution in [1.29, 1.82) is 0 Å². The molecule has 27 heavy (non-hydrogen) atoms. The van der Waals surface area contributed by atoms with Crippen LogP contribution < -0.4 is 5.32 Å². The van der Waals surface area contributed by atoms with Crippen molar-refractivity contribution in [3.05, 3.63) is 48.5 Å². The Morgan fingerprint density at radius 1 is 1.26 bits per heavy atom. The summed E-state index contributed by atoms with van der Waals surface area (Å²) in [5, 5.41) is 12.1. The molecular formula is C19H22N4O4. The Morgan fingerprint density at radius 3 is 2.85 bits per heavy atom.